The number of unbranched alkanes of at least 4 members (excludes halogenated alkanes) is 6. The van der Waals surface area contributed by atoms with Gasteiger partial charge < -0.3 is 4.90 Å². The molecule has 3 heteroatoms. The van der Waals surface area contributed by atoms with E-state index in [-0.39, 0.29) is 0 Å². The molecule has 2 nitrogen and oxygen atoms in total. The highest BCUT2D eigenvalue weighted by Crippen LogP contribution is 2.21. The molecule has 0 amide bonds. The van der Waals surface area contributed by atoms with Crippen molar-refractivity contribution >= 4 is 33.8 Å². The summed E-state index contributed by atoms with van der Waals surface area (Å²) in [6, 6.07) is 11.0. The van der Waals surface area contributed by atoms with Crippen LogP contribution in [0.3, 0.4) is 0 Å². The molecule has 0 fully saturated rings. The van der Waals surface area contributed by atoms with Gasteiger partial charge in [-0.2, -0.15) is 0 Å². The van der Waals surface area contributed by atoms with Crippen LogP contribution in [0, 0.1) is 0 Å². The molecular weight excluding hydrogens is 408 g/mol. The Morgan fingerprint density at radius 3 is 2.04 bits per heavy atom. The Morgan fingerprint density at radius 1 is 0.821 bits per heavy atom. The van der Waals surface area contributed by atoms with E-state index in [9.17, 15) is 0 Å². The smallest absolute Gasteiger partial charge is 0.0431 e. The summed E-state index contributed by atoms with van der Waals surface area (Å²) < 4.78 is 1.02. The second-order valence-corrected chi connectivity index (χ2v) is 8.28. The van der Waals surface area contributed by atoms with Crippen molar-refractivity contribution in [3.63, 3.8) is 0 Å². The van der Waals surface area contributed by atoms with Crippen LogP contribution in [0.4, 0.5) is 5.69 Å². The minimum absolute atomic E-state index is 1.02. The Balaban J connectivity index is 1.98. The first-order valence-corrected chi connectivity index (χ1v) is 11.7. The zero-order valence-corrected chi connectivity index (χ0v) is 19.1. The van der Waals surface area contributed by atoms with E-state index in [2.05, 4.69) is 76.1 Å². The Morgan fingerprint density at radius 2 is 1.46 bits per heavy atom. The summed E-state index contributed by atoms with van der Waals surface area (Å²) in [6.45, 7) is 6.90. The monoisotopic (exact) mass is 442 g/mol. The quantitative estimate of drug-likeness (QED) is 0.292. The summed E-state index contributed by atoms with van der Waals surface area (Å²) in [6.07, 6.45) is 18.5. The highest BCUT2D eigenvalue weighted by molar-refractivity contribution is 9.10. The predicted molar refractivity (Wildman–Crippen MR) is 128 cm³/mol. The fraction of sp³-hybridized carbons (Fsp3) is 0.480. The highest BCUT2D eigenvalue weighted by atomic mass is 79.9. The zero-order chi connectivity index (χ0) is 20.0. The number of nitrogens with zero attached hydrogens (tertiary/aromatic N) is 2. The maximum absolute atomic E-state index is 4.12. The van der Waals surface area contributed by atoms with E-state index in [1.807, 2.05) is 18.5 Å². The summed E-state index contributed by atoms with van der Waals surface area (Å²) in [5, 5.41) is 0. The molecule has 28 heavy (non-hydrogen) atoms. The van der Waals surface area contributed by atoms with Crippen molar-refractivity contribution in [1.29, 1.82) is 0 Å². The van der Waals surface area contributed by atoms with Crippen molar-refractivity contribution in [2.24, 2.45) is 0 Å². The summed E-state index contributed by atoms with van der Waals surface area (Å²) in [5.41, 5.74) is 3.73. The van der Waals surface area contributed by atoms with Crippen molar-refractivity contribution in [3.05, 3.63) is 58.3 Å². The number of rotatable bonds is 13. The number of pyridine rings is 1. The molecule has 0 saturated heterocycles. The van der Waals surface area contributed by atoms with Crippen LogP contribution < -0.4 is 4.90 Å². The van der Waals surface area contributed by atoms with Crippen LogP contribution in [0.25, 0.3) is 12.2 Å². The lowest BCUT2D eigenvalue weighted by molar-refractivity contribution is 0.609. The molecule has 0 unspecified atom stereocenters. The molecule has 0 radical (unpaired) electrons. The minimum atomic E-state index is 1.02. The van der Waals surface area contributed by atoms with Gasteiger partial charge in [-0.3, -0.25) is 4.98 Å². The molecule has 152 valence electrons. The summed E-state index contributed by atoms with van der Waals surface area (Å²) >= 11 is 3.55. The summed E-state index contributed by atoms with van der Waals surface area (Å²) in [4.78, 5) is 6.70. The second-order valence-electron chi connectivity index (χ2n) is 7.43. The topological polar surface area (TPSA) is 16.1 Å². The SMILES string of the molecule is CCCCCCN(CCCCCC)c1ccc(/C=C/c2ccncc2Br)cc1. The minimum Gasteiger partial charge on any atom is -0.372 e. The van der Waals surface area contributed by atoms with Crippen LogP contribution in [0.1, 0.15) is 76.3 Å². The van der Waals surface area contributed by atoms with E-state index in [1.165, 1.54) is 75.7 Å². The van der Waals surface area contributed by atoms with Crippen LogP contribution in [-0.4, -0.2) is 18.1 Å². The summed E-state index contributed by atoms with van der Waals surface area (Å²) in [5.74, 6) is 0. The van der Waals surface area contributed by atoms with E-state index < -0.39 is 0 Å². The molecular formula is C25H35BrN2. The first kappa shape index (κ1) is 22.7. The molecule has 2 rings (SSSR count). The van der Waals surface area contributed by atoms with Gasteiger partial charge in [-0.15, -0.1) is 0 Å². The van der Waals surface area contributed by atoms with Gasteiger partial charge in [0, 0.05) is 35.6 Å². The van der Waals surface area contributed by atoms with Gasteiger partial charge in [0.1, 0.15) is 0 Å². The molecule has 0 bridgehead atoms. The molecule has 0 atom stereocenters. The molecule has 1 heterocycles. The lowest BCUT2D eigenvalue weighted by Crippen LogP contribution is -2.25. The highest BCUT2D eigenvalue weighted by Gasteiger charge is 2.06. The van der Waals surface area contributed by atoms with Gasteiger partial charge in [-0.25, -0.2) is 0 Å². The van der Waals surface area contributed by atoms with Gasteiger partial charge in [0.15, 0.2) is 0 Å². The number of halogens is 1. The van der Waals surface area contributed by atoms with Gasteiger partial charge >= 0.3 is 0 Å². The first-order chi connectivity index (χ1) is 13.7. The lowest BCUT2D eigenvalue weighted by atomic mass is 10.1. The third-order valence-electron chi connectivity index (χ3n) is 5.08. The maximum Gasteiger partial charge on any atom is 0.0431 e. The second kappa shape index (κ2) is 13.5. The van der Waals surface area contributed by atoms with Crippen molar-refractivity contribution < 1.29 is 0 Å². The van der Waals surface area contributed by atoms with Gasteiger partial charge in [0.25, 0.3) is 0 Å². The predicted octanol–water partition coefficient (Wildman–Crippen LogP) is 7.98. The average molecular weight is 443 g/mol. The Bertz CT molecular complexity index is 682. The van der Waals surface area contributed by atoms with Crippen molar-refractivity contribution in [2.75, 3.05) is 18.0 Å². The molecule has 0 aliphatic carbocycles. The zero-order valence-electron chi connectivity index (χ0n) is 17.5. The van der Waals surface area contributed by atoms with E-state index in [1.54, 1.807) is 0 Å². The van der Waals surface area contributed by atoms with Crippen molar-refractivity contribution in [1.82, 2.24) is 4.98 Å². The van der Waals surface area contributed by atoms with Gasteiger partial charge in [0.05, 0.1) is 0 Å². The van der Waals surface area contributed by atoms with Crippen molar-refractivity contribution in [3.8, 4) is 0 Å². The van der Waals surface area contributed by atoms with E-state index in [0.29, 0.717) is 0 Å². The van der Waals surface area contributed by atoms with Gasteiger partial charge in [0.2, 0.25) is 0 Å². The number of hydrogen-bond acceptors (Lipinski definition) is 2. The standard InChI is InChI=1S/C25H35BrN2/c1-3-5-7-9-19-28(20-10-8-6-4-2)24-15-12-22(13-16-24)11-14-23-17-18-27-21-25(23)26/h11-18,21H,3-10,19-20H2,1-2H3/b14-11+. The molecule has 0 aliphatic heterocycles. The molecule has 1 aromatic carbocycles. The third kappa shape index (κ3) is 8.18. The largest absolute Gasteiger partial charge is 0.372 e. The molecule has 0 saturated carbocycles. The first-order valence-electron chi connectivity index (χ1n) is 10.9. The third-order valence-corrected chi connectivity index (χ3v) is 5.74. The number of hydrogen-bond donors (Lipinski definition) is 0. The fourth-order valence-electron chi connectivity index (χ4n) is 3.33. The average Bonchev–Trinajstić information content (AvgIpc) is 2.72. The number of aromatic nitrogens is 1. The van der Waals surface area contributed by atoms with Crippen molar-refractivity contribution in [2.45, 2.75) is 65.2 Å². The van der Waals surface area contributed by atoms with Gasteiger partial charge in [-0.05, 0) is 58.1 Å². The van der Waals surface area contributed by atoms with Crippen LogP contribution >= 0.6 is 15.9 Å². The molecule has 0 aliphatic rings. The van der Waals surface area contributed by atoms with Crippen LogP contribution in [0.15, 0.2) is 47.2 Å². The van der Waals surface area contributed by atoms with E-state index >= 15 is 0 Å². The number of anilines is 1. The molecule has 0 spiro atoms. The van der Waals surface area contributed by atoms with E-state index in [0.717, 1.165) is 10.0 Å². The molecule has 1 aromatic heterocycles. The number of benzene rings is 1. The Hall–Kier alpha value is -1.61. The van der Waals surface area contributed by atoms with Crippen LogP contribution in [-0.2, 0) is 0 Å². The van der Waals surface area contributed by atoms with Crippen LogP contribution in [0.2, 0.25) is 0 Å². The maximum atomic E-state index is 4.12. The lowest BCUT2D eigenvalue weighted by Gasteiger charge is -2.25. The summed E-state index contributed by atoms with van der Waals surface area (Å²) in [7, 11) is 0. The fourth-order valence-corrected chi connectivity index (χ4v) is 3.71. The Kier molecular flexibility index (Phi) is 11.0. The molecule has 0 N–H and O–H groups in total. The molecule has 2 aromatic rings. The Labute approximate surface area is 180 Å². The normalized spacial score (nSPS) is 11.2. The van der Waals surface area contributed by atoms with Gasteiger partial charge in [-0.1, -0.05) is 76.7 Å². The van der Waals surface area contributed by atoms with Crippen LogP contribution in [0.5, 0.6) is 0 Å². The van der Waals surface area contributed by atoms with E-state index in [4.69, 9.17) is 0 Å².